The van der Waals surface area contributed by atoms with Crippen molar-refractivity contribution in [3.05, 3.63) is 70.2 Å². The molecule has 1 fully saturated rings. The van der Waals surface area contributed by atoms with Gasteiger partial charge in [0.1, 0.15) is 11.4 Å². The van der Waals surface area contributed by atoms with Crippen LogP contribution in [0.2, 0.25) is 0 Å². The minimum Gasteiger partial charge on any atom is -0.487 e. The van der Waals surface area contributed by atoms with Crippen molar-refractivity contribution in [3.63, 3.8) is 0 Å². The van der Waals surface area contributed by atoms with Crippen molar-refractivity contribution in [2.24, 2.45) is 0 Å². The van der Waals surface area contributed by atoms with E-state index >= 15 is 0 Å². The predicted octanol–water partition coefficient (Wildman–Crippen LogP) is 6.54. The smallest absolute Gasteiger partial charge is 0.416 e. The zero-order valence-electron chi connectivity index (χ0n) is 20.8. The first-order valence-electron chi connectivity index (χ1n) is 12.1. The van der Waals surface area contributed by atoms with Crippen molar-refractivity contribution >= 4 is 38.9 Å². The van der Waals surface area contributed by atoms with E-state index in [1.165, 1.54) is 35.7 Å². The van der Waals surface area contributed by atoms with Crippen LogP contribution >= 0.6 is 23.7 Å². The zero-order chi connectivity index (χ0) is 26.4. The highest BCUT2D eigenvalue weighted by atomic mass is 35.5. The van der Waals surface area contributed by atoms with Crippen LogP contribution in [0.5, 0.6) is 5.75 Å². The fourth-order valence-electron chi connectivity index (χ4n) is 5.28. The number of halogens is 4. The molecule has 1 aromatic heterocycles. The third kappa shape index (κ3) is 5.95. The van der Waals surface area contributed by atoms with E-state index in [-0.39, 0.29) is 34.3 Å². The van der Waals surface area contributed by atoms with E-state index in [0.29, 0.717) is 17.7 Å². The number of nitrogens with one attached hydrogen (secondary N) is 2. The summed E-state index contributed by atoms with van der Waals surface area (Å²) in [6.45, 7) is 5.32. The predicted molar refractivity (Wildman–Crippen MR) is 144 cm³/mol. The zero-order valence-corrected chi connectivity index (χ0v) is 23.3. The van der Waals surface area contributed by atoms with Crippen LogP contribution in [0.25, 0.3) is 0 Å². The van der Waals surface area contributed by atoms with Gasteiger partial charge in [-0.1, -0.05) is 12.1 Å². The van der Waals surface area contributed by atoms with E-state index in [0.717, 1.165) is 43.1 Å². The number of aromatic nitrogens is 1. The second-order valence-electron chi connectivity index (χ2n) is 10.1. The summed E-state index contributed by atoms with van der Waals surface area (Å²) in [5.41, 5.74) is 1.02. The Hall–Kier alpha value is -2.34. The molecule has 2 aromatic carbocycles. The standard InChI is InChI=1S/C26H28F3N3O3S2.ClH/c1-25(2)15-22(19-5-3-17(26(27,28)29)13-21(19)16-7-9-30-10-8-16)20-6-4-18(14-23(20)35-25)37(33,34)32-24-31-11-12-36-24;/h3-6,11-14,16,22,30H,7-10,15H2,1-2H3,(H,31,32);1H/t22-;/m1./s1. The van der Waals surface area contributed by atoms with Crippen molar-refractivity contribution < 1.29 is 26.3 Å². The van der Waals surface area contributed by atoms with Crippen LogP contribution in [-0.4, -0.2) is 32.1 Å². The monoisotopic (exact) mass is 587 g/mol. The third-order valence-corrected chi connectivity index (χ3v) is 9.13. The Balaban J connectivity index is 0.00000336. The van der Waals surface area contributed by atoms with Crippen LogP contribution in [0.4, 0.5) is 18.3 Å². The maximum absolute atomic E-state index is 13.7. The number of nitrogens with zero attached hydrogens (tertiary/aromatic N) is 1. The maximum atomic E-state index is 13.7. The van der Waals surface area contributed by atoms with E-state index in [9.17, 15) is 21.6 Å². The number of benzene rings is 2. The molecule has 0 saturated carbocycles. The van der Waals surface area contributed by atoms with Gasteiger partial charge < -0.3 is 10.1 Å². The molecule has 38 heavy (non-hydrogen) atoms. The summed E-state index contributed by atoms with van der Waals surface area (Å²) in [4.78, 5) is 4.01. The van der Waals surface area contributed by atoms with Crippen molar-refractivity contribution in [1.29, 1.82) is 0 Å². The number of thiazole rings is 1. The molecule has 2 N–H and O–H groups in total. The molecule has 0 amide bonds. The lowest BCUT2D eigenvalue weighted by Crippen LogP contribution is -2.36. The van der Waals surface area contributed by atoms with Gasteiger partial charge in [-0.3, -0.25) is 4.72 Å². The number of sulfonamides is 1. The van der Waals surface area contributed by atoms with Gasteiger partial charge in [0.15, 0.2) is 5.13 Å². The lowest BCUT2D eigenvalue weighted by Gasteiger charge is -2.39. The first kappa shape index (κ1) is 28.7. The second-order valence-corrected chi connectivity index (χ2v) is 12.7. The normalized spacial score (nSPS) is 19.7. The van der Waals surface area contributed by atoms with E-state index < -0.39 is 27.4 Å². The number of hydrogen-bond donors (Lipinski definition) is 2. The van der Waals surface area contributed by atoms with Crippen LogP contribution in [0.1, 0.15) is 67.2 Å². The average molecular weight is 588 g/mol. The molecule has 3 heterocycles. The molecule has 1 saturated heterocycles. The van der Waals surface area contributed by atoms with Crippen LogP contribution in [0.3, 0.4) is 0 Å². The van der Waals surface area contributed by atoms with Gasteiger partial charge in [0.25, 0.3) is 10.0 Å². The summed E-state index contributed by atoms with van der Waals surface area (Å²) in [7, 11) is -3.90. The number of hydrogen-bond acceptors (Lipinski definition) is 6. The highest BCUT2D eigenvalue weighted by molar-refractivity contribution is 7.93. The van der Waals surface area contributed by atoms with Crippen molar-refractivity contribution in [3.8, 4) is 5.75 Å². The minimum atomic E-state index is -4.43. The summed E-state index contributed by atoms with van der Waals surface area (Å²) in [6.07, 6.45) is -0.857. The Morgan fingerprint density at radius 3 is 2.45 bits per heavy atom. The van der Waals surface area contributed by atoms with Gasteiger partial charge in [-0.25, -0.2) is 13.4 Å². The van der Waals surface area contributed by atoms with Gasteiger partial charge in [0.2, 0.25) is 0 Å². The summed E-state index contributed by atoms with van der Waals surface area (Å²) in [6, 6.07) is 8.79. The number of piperidine rings is 1. The Kier molecular flexibility index (Phi) is 8.05. The molecule has 0 spiro atoms. The van der Waals surface area contributed by atoms with Crippen LogP contribution in [-0.2, 0) is 16.2 Å². The van der Waals surface area contributed by atoms with Gasteiger partial charge in [-0.15, -0.1) is 23.7 Å². The molecule has 3 aromatic rings. The lowest BCUT2D eigenvalue weighted by atomic mass is 9.75. The SMILES string of the molecule is CC1(C)C[C@H](c2ccc(C(F)(F)F)cc2C2CCNCC2)c2ccc(S(=O)(=O)Nc3nccs3)cc2O1.Cl. The highest BCUT2D eigenvalue weighted by Gasteiger charge is 2.39. The first-order chi connectivity index (χ1) is 17.4. The second kappa shape index (κ2) is 10.7. The number of ether oxygens (including phenoxy) is 1. The van der Waals surface area contributed by atoms with Crippen molar-refractivity contribution in [1.82, 2.24) is 10.3 Å². The fraction of sp³-hybridized carbons (Fsp3) is 0.423. The summed E-state index contributed by atoms with van der Waals surface area (Å²) >= 11 is 1.17. The molecule has 1 atom stereocenters. The molecule has 0 unspecified atom stereocenters. The average Bonchev–Trinajstić information content (AvgIpc) is 3.34. The third-order valence-electron chi connectivity index (χ3n) is 6.98. The molecule has 12 heteroatoms. The van der Waals surface area contributed by atoms with E-state index in [2.05, 4.69) is 15.0 Å². The first-order valence-corrected chi connectivity index (χ1v) is 14.5. The van der Waals surface area contributed by atoms with Gasteiger partial charge in [-0.05, 0) is 81.4 Å². The van der Waals surface area contributed by atoms with E-state index in [1.807, 2.05) is 13.8 Å². The van der Waals surface area contributed by atoms with E-state index in [1.54, 1.807) is 17.5 Å². The summed E-state index contributed by atoms with van der Waals surface area (Å²) in [5, 5.41) is 5.21. The molecule has 5 rings (SSSR count). The van der Waals surface area contributed by atoms with Crippen molar-refractivity contribution in [2.75, 3.05) is 17.8 Å². The topological polar surface area (TPSA) is 80.3 Å². The molecule has 206 valence electrons. The fourth-order valence-corrected chi connectivity index (χ4v) is 7.08. The Labute approximate surface area is 230 Å². The molecular formula is C26H29ClF3N3O3S2. The highest BCUT2D eigenvalue weighted by Crippen LogP contribution is 2.48. The van der Waals surface area contributed by atoms with Crippen LogP contribution in [0.15, 0.2) is 52.9 Å². The molecular weight excluding hydrogens is 559 g/mol. The van der Waals surface area contributed by atoms with Crippen molar-refractivity contribution in [2.45, 2.75) is 61.6 Å². The van der Waals surface area contributed by atoms with E-state index in [4.69, 9.17) is 4.74 Å². The van der Waals surface area contributed by atoms with Gasteiger partial charge in [0.05, 0.1) is 10.5 Å². The summed E-state index contributed by atoms with van der Waals surface area (Å²) < 4.78 is 75.6. The van der Waals surface area contributed by atoms with Gasteiger partial charge in [0, 0.05) is 29.1 Å². The Bertz CT molecular complexity index is 1390. The maximum Gasteiger partial charge on any atom is 0.416 e. The molecule has 0 aliphatic carbocycles. The quantitative estimate of drug-likeness (QED) is 0.354. The lowest BCUT2D eigenvalue weighted by molar-refractivity contribution is -0.137. The number of anilines is 1. The minimum absolute atomic E-state index is 0. The number of rotatable bonds is 5. The number of alkyl halides is 3. The molecule has 0 radical (unpaired) electrons. The van der Waals surface area contributed by atoms with Gasteiger partial charge in [-0.2, -0.15) is 13.2 Å². The van der Waals surface area contributed by atoms with Crippen LogP contribution in [0, 0.1) is 0 Å². The molecule has 6 nitrogen and oxygen atoms in total. The molecule has 2 aliphatic heterocycles. The Morgan fingerprint density at radius 1 is 1.08 bits per heavy atom. The summed E-state index contributed by atoms with van der Waals surface area (Å²) in [5.74, 6) is 0.184. The largest absolute Gasteiger partial charge is 0.487 e. The molecule has 2 aliphatic rings. The molecule has 0 bridgehead atoms. The number of fused-ring (bicyclic) bond motifs is 1. The van der Waals surface area contributed by atoms with Crippen LogP contribution < -0.4 is 14.8 Å². The Morgan fingerprint density at radius 2 is 1.79 bits per heavy atom. The van der Waals surface area contributed by atoms with Gasteiger partial charge >= 0.3 is 6.18 Å².